The summed E-state index contributed by atoms with van der Waals surface area (Å²) in [4.78, 5) is 0.00946. The molecule has 0 spiro atoms. The van der Waals surface area contributed by atoms with Crippen molar-refractivity contribution in [2.24, 2.45) is 0 Å². The first-order valence-electron chi connectivity index (χ1n) is 6.49. The molecule has 3 nitrogen and oxygen atoms in total. The lowest BCUT2D eigenvalue weighted by molar-refractivity contribution is 0.482. The van der Waals surface area contributed by atoms with E-state index in [-0.39, 0.29) is 4.90 Å². The van der Waals surface area contributed by atoms with Gasteiger partial charge in [-0.3, -0.25) is 4.55 Å². The maximum atomic E-state index is 11.4. The molecule has 2 aromatic rings. The molecule has 0 aromatic heterocycles. The number of hydrogen-bond donors (Lipinski definition) is 1. The highest BCUT2D eigenvalue weighted by atomic mass is 32.2. The van der Waals surface area contributed by atoms with E-state index in [9.17, 15) is 13.0 Å². The van der Waals surface area contributed by atoms with Crippen LogP contribution in [-0.4, -0.2) is 13.0 Å². The van der Waals surface area contributed by atoms with Gasteiger partial charge in [-0.15, -0.1) is 0 Å². The first kappa shape index (κ1) is 14.8. The molecule has 0 radical (unpaired) electrons. The van der Waals surface area contributed by atoms with E-state index < -0.39 is 10.1 Å². The van der Waals surface area contributed by atoms with Crippen molar-refractivity contribution in [3.05, 3.63) is 64.7 Å². The Hall–Kier alpha value is -1.65. The van der Waals surface area contributed by atoms with Gasteiger partial charge in [0.15, 0.2) is 0 Å². The highest BCUT2D eigenvalue weighted by Crippen LogP contribution is 2.19. The van der Waals surface area contributed by atoms with Gasteiger partial charge >= 0.3 is 0 Å². The summed E-state index contributed by atoms with van der Waals surface area (Å²) in [6, 6.07) is 13.1. The fourth-order valence-corrected chi connectivity index (χ4v) is 2.92. The van der Waals surface area contributed by atoms with Crippen LogP contribution in [0, 0.1) is 13.8 Å². The Balaban J connectivity index is 2.25. The first-order chi connectivity index (χ1) is 9.36. The van der Waals surface area contributed by atoms with Gasteiger partial charge in [0.1, 0.15) is 0 Å². The van der Waals surface area contributed by atoms with Crippen LogP contribution in [0.2, 0.25) is 0 Å². The summed E-state index contributed by atoms with van der Waals surface area (Å²) < 4.78 is 32.0. The van der Waals surface area contributed by atoms with Crippen molar-refractivity contribution in [1.82, 2.24) is 0 Å². The molecule has 20 heavy (non-hydrogen) atoms. The van der Waals surface area contributed by atoms with Crippen LogP contribution in [0.3, 0.4) is 0 Å². The van der Waals surface area contributed by atoms with Crippen molar-refractivity contribution in [3.8, 4) is 0 Å². The molecule has 0 saturated carbocycles. The predicted octanol–water partition coefficient (Wildman–Crippen LogP) is 3.34. The molecule has 0 fully saturated rings. The lowest BCUT2D eigenvalue weighted by atomic mass is 10.0. The van der Waals surface area contributed by atoms with Gasteiger partial charge in [0.25, 0.3) is 10.1 Å². The lowest BCUT2D eigenvalue weighted by Gasteiger charge is -2.08. The maximum absolute atomic E-state index is 11.4. The van der Waals surface area contributed by atoms with E-state index in [4.69, 9.17) is 0 Å². The lowest BCUT2D eigenvalue weighted by Crippen LogP contribution is -2.05. The Morgan fingerprint density at radius 3 is 2.10 bits per heavy atom. The Morgan fingerprint density at radius 2 is 1.50 bits per heavy atom. The van der Waals surface area contributed by atoms with E-state index in [1.807, 2.05) is 44.2 Å². The molecule has 0 atom stereocenters. The van der Waals surface area contributed by atoms with E-state index in [0.29, 0.717) is 12.0 Å². The molecule has 0 aliphatic carbocycles. The molecule has 2 aromatic carbocycles. The molecule has 2 rings (SSSR count). The van der Waals surface area contributed by atoms with Gasteiger partial charge in [0.2, 0.25) is 0 Å². The van der Waals surface area contributed by atoms with Gasteiger partial charge in [-0.25, -0.2) is 0 Å². The summed E-state index contributed by atoms with van der Waals surface area (Å²) in [5.74, 6) is 0. The smallest absolute Gasteiger partial charge is 0.282 e. The minimum Gasteiger partial charge on any atom is -0.282 e. The molecular weight excluding hydrogens is 272 g/mol. The van der Waals surface area contributed by atoms with Crippen LogP contribution in [0.1, 0.15) is 22.3 Å². The van der Waals surface area contributed by atoms with Crippen LogP contribution in [0.15, 0.2) is 47.4 Å². The molecule has 0 amide bonds. The Labute approximate surface area is 120 Å². The van der Waals surface area contributed by atoms with Crippen molar-refractivity contribution in [2.45, 2.75) is 31.6 Å². The van der Waals surface area contributed by atoms with Crippen LogP contribution in [0.25, 0.3) is 0 Å². The molecule has 0 heterocycles. The Morgan fingerprint density at radius 1 is 0.900 bits per heavy atom. The predicted molar refractivity (Wildman–Crippen MR) is 79.6 cm³/mol. The van der Waals surface area contributed by atoms with Gasteiger partial charge in [-0.05, 0) is 43.9 Å². The highest BCUT2D eigenvalue weighted by Gasteiger charge is 2.15. The van der Waals surface area contributed by atoms with Crippen molar-refractivity contribution >= 4 is 10.1 Å². The van der Waals surface area contributed by atoms with Crippen LogP contribution in [0.4, 0.5) is 0 Å². The monoisotopic (exact) mass is 290 g/mol. The zero-order chi connectivity index (χ0) is 14.8. The van der Waals surface area contributed by atoms with Crippen molar-refractivity contribution in [1.29, 1.82) is 0 Å². The highest BCUT2D eigenvalue weighted by molar-refractivity contribution is 7.85. The SMILES string of the molecule is Cc1ccc(CCc2cc(C)ccc2S(=O)(=O)O)cc1. The Bertz CT molecular complexity index is 701. The Kier molecular flexibility index (Phi) is 4.26. The fraction of sp³-hybridized carbons (Fsp3) is 0.250. The third-order valence-corrected chi connectivity index (χ3v) is 4.25. The molecule has 0 aliphatic rings. The average molecular weight is 290 g/mol. The largest absolute Gasteiger partial charge is 0.294 e. The molecule has 0 bridgehead atoms. The zero-order valence-electron chi connectivity index (χ0n) is 11.6. The average Bonchev–Trinajstić information content (AvgIpc) is 2.36. The number of rotatable bonds is 4. The normalized spacial score (nSPS) is 11.6. The number of benzene rings is 2. The van der Waals surface area contributed by atoms with Crippen LogP contribution in [-0.2, 0) is 23.0 Å². The van der Waals surface area contributed by atoms with Gasteiger partial charge in [0, 0.05) is 0 Å². The molecule has 0 aliphatic heterocycles. The van der Waals surface area contributed by atoms with Crippen molar-refractivity contribution in [2.75, 3.05) is 0 Å². The van der Waals surface area contributed by atoms with E-state index in [1.165, 1.54) is 11.6 Å². The van der Waals surface area contributed by atoms with Gasteiger partial charge in [-0.1, -0.05) is 47.5 Å². The van der Waals surface area contributed by atoms with Crippen molar-refractivity contribution in [3.63, 3.8) is 0 Å². The third-order valence-electron chi connectivity index (χ3n) is 3.30. The van der Waals surface area contributed by atoms with Crippen LogP contribution >= 0.6 is 0 Å². The van der Waals surface area contributed by atoms with Gasteiger partial charge < -0.3 is 0 Å². The summed E-state index contributed by atoms with van der Waals surface area (Å²) in [5.41, 5.74) is 3.99. The first-order valence-corrected chi connectivity index (χ1v) is 7.93. The molecule has 0 saturated heterocycles. The summed E-state index contributed by atoms with van der Waals surface area (Å²) in [5, 5.41) is 0. The second-order valence-corrected chi connectivity index (χ2v) is 6.46. The minimum absolute atomic E-state index is 0.00946. The van der Waals surface area contributed by atoms with E-state index in [0.717, 1.165) is 17.5 Å². The molecular formula is C16H18O3S. The number of hydrogen-bond acceptors (Lipinski definition) is 2. The fourth-order valence-electron chi connectivity index (χ4n) is 2.19. The third kappa shape index (κ3) is 3.68. The summed E-state index contributed by atoms with van der Waals surface area (Å²) >= 11 is 0. The van der Waals surface area contributed by atoms with E-state index >= 15 is 0 Å². The van der Waals surface area contributed by atoms with Gasteiger partial charge in [-0.2, -0.15) is 8.42 Å². The van der Waals surface area contributed by atoms with E-state index in [2.05, 4.69) is 0 Å². The second-order valence-electron chi connectivity index (χ2n) is 5.07. The standard InChI is InChI=1S/C16H18O3S/c1-12-3-6-14(7-4-12)8-9-15-11-13(2)5-10-16(15)20(17,18)19/h3-7,10-11H,8-9H2,1-2H3,(H,17,18,19). The summed E-state index contributed by atoms with van der Waals surface area (Å²) in [6.45, 7) is 3.93. The summed E-state index contributed by atoms with van der Waals surface area (Å²) in [7, 11) is -4.16. The molecule has 1 N–H and O–H groups in total. The van der Waals surface area contributed by atoms with Crippen LogP contribution < -0.4 is 0 Å². The quantitative estimate of drug-likeness (QED) is 0.879. The second kappa shape index (κ2) is 5.77. The minimum atomic E-state index is -4.16. The van der Waals surface area contributed by atoms with E-state index in [1.54, 1.807) is 6.07 Å². The zero-order valence-corrected chi connectivity index (χ0v) is 12.4. The van der Waals surface area contributed by atoms with Crippen molar-refractivity contribution < 1.29 is 13.0 Å². The molecule has 0 unspecified atom stereocenters. The molecule has 106 valence electrons. The summed E-state index contributed by atoms with van der Waals surface area (Å²) in [6.07, 6.45) is 1.33. The molecule has 4 heteroatoms. The topological polar surface area (TPSA) is 54.4 Å². The van der Waals surface area contributed by atoms with Crippen LogP contribution in [0.5, 0.6) is 0 Å². The van der Waals surface area contributed by atoms with Gasteiger partial charge in [0.05, 0.1) is 4.90 Å². The number of aryl methyl sites for hydroxylation is 4. The maximum Gasteiger partial charge on any atom is 0.294 e.